The molecular weight excluding hydrogens is 304 g/mol. The van der Waals surface area contributed by atoms with Gasteiger partial charge in [-0.05, 0) is 18.1 Å². The smallest absolute Gasteiger partial charge is 0.311 e. The first kappa shape index (κ1) is 16.2. The molecule has 1 rings (SSSR count). The van der Waals surface area contributed by atoms with Crippen molar-refractivity contribution in [2.45, 2.75) is 57.8 Å². The van der Waals surface area contributed by atoms with E-state index in [1.807, 2.05) is 24.3 Å². The van der Waals surface area contributed by atoms with E-state index < -0.39 is 5.97 Å². The van der Waals surface area contributed by atoms with Crippen LogP contribution in [0.15, 0.2) is 28.7 Å². The van der Waals surface area contributed by atoms with Crippen LogP contribution in [0, 0.1) is 0 Å². The van der Waals surface area contributed by atoms with Gasteiger partial charge in [0, 0.05) is 4.47 Å². The second-order valence-electron chi connectivity index (χ2n) is 4.97. The highest BCUT2D eigenvalue weighted by molar-refractivity contribution is 9.10. The van der Waals surface area contributed by atoms with Crippen LogP contribution in [0.1, 0.15) is 63.4 Å². The predicted molar refractivity (Wildman–Crippen MR) is 82.5 cm³/mol. The average Bonchev–Trinajstić information content (AvgIpc) is 2.39. The third kappa shape index (κ3) is 5.77. The van der Waals surface area contributed by atoms with Crippen molar-refractivity contribution in [3.8, 4) is 0 Å². The number of carboxylic acids is 1. The molecule has 0 saturated heterocycles. The number of benzene rings is 1. The molecule has 1 N–H and O–H groups in total. The maximum Gasteiger partial charge on any atom is 0.311 e. The highest BCUT2D eigenvalue weighted by Gasteiger charge is 2.21. The Labute approximate surface area is 124 Å². The van der Waals surface area contributed by atoms with Gasteiger partial charge in [-0.25, -0.2) is 0 Å². The molecule has 0 heterocycles. The highest BCUT2D eigenvalue weighted by Crippen LogP contribution is 2.29. The van der Waals surface area contributed by atoms with Crippen LogP contribution in [-0.4, -0.2) is 11.1 Å². The predicted octanol–water partition coefficient (Wildman–Crippen LogP) is 5.37. The summed E-state index contributed by atoms with van der Waals surface area (Å²) in [5, 5.41) is 9.37. The number of carbonyl (C=O) groups is 1. The lowest BCUT2D eigenvalue weighted by atomic mass is 9.93. The van der Waals surface area contributed by atoms with Crippen LogP contribution in [0.5, 0.6) is 0 Å². The molecular formula is C16H23BrO2. The summed E-state index contributed by atoms with van der Waals surface area (Å²) in [4.78, 5) is 11.4. The molecule has 0 amide bonds. The zero-order valence-corrected chi connectivity index (χ0v) is 13.2. The Kier molecular flexibility index (Phi) is 7.80. The first-order chi connectivity index (χ1) is 9.16. The van der Waals surface area contributed by atoms with Crippen LogP contribution in [-0.2, 0) is 4.79 Å². The van der Waals surface area contributed by atoms with Gasteiger partial charge in [-0.2, -0.15) is 0 Å². The number of hydrogen-bond acceptors (Lipinski definition) is 1. The molecule has 1 atom stereocenters. The number of aliphatic carboxylic acids is 1. The molecule has 0 fully saturated rings. The van der Waals surface area contributed by atoms with Crippen molar-refractivity contribution in [1.29, 1.82) is 0 Å². The van der Waals surface area contributed by atoms with Gasteiger partial charge in [-0.3, -0.25) is 4.79 Å². The third-order valence-electron chi connectivity index (χ3n) is 3.43. The lowest BCUT2D eigenvalue weighted by molar-refractivity contribution is -0.139. The molecule has 19 heavy (non-hydrogen) atoms. The summed E-state index contributed by atoms with van der Waals surface area (Å²) in [5.74, 6) is -1.11. The molecule has 0 aliphatic rings. The lowest BCUT2D eigenvalue weighted by Crippen LogP contribution is -2.12. The minimum absolute atomic E-state index is 0.387. The van der Waals surface area contributed by atoms with E-state index in [0.717, 1.165) is 29.3 Å². The third-order valence-corrected chi connectivity index (χ3v) is 4.15. The van der Waals surface area contributed by atoms with Crippen LogP contribution in [0.4, 0.5) is 0 Å². The minimum atomic E-state index is -0.722. The molecule has 0 saturated carbocycles. The molecule has 1 unspecified atom stereocenters. The fourth-order valence-electron chi connectivity index (χ4n) is 2.30. The zero-order valence-electron chi connectivity index (χ0n) is 11.6. The largest absolute Gasteiger partial charge is 0.481 e. The van der Waals surface area contributed by atoms with Crippen molar-refractivity contribution in [1.82, 2.24) is 0 Å². The van der Waals surface area contributed by atoms with Crippen molar-refractivity contribution < 1.29 is 9.90 Å². The standard InChI is InChI=1S/C16H23BrO2/c1-2-3-4-5-6-7-11-14(16(18)19)13-10-8-9-12-15(13)17/h8-10,12,14H,2-7,11H2,1H3,(H,18,19). The van der Waals surface area contributed by atoms with Gasteiger partial charge < -0.3 is 5.11 Å². The van der Waals surface area contributed by atoms with Crippen LogP contribution < -0.4 is 0 Å². The van der Waals surface area contributed by atoms with Crippen LogP contribution in [0.25, 0.3) is 0 Å². The molecule has 106 valence electrons. The van der Waals surface area contributed by atoms with Crippen LogP contribution in [0.3, 0.4) is 0 Å². The minimum Gasteiger partial charge on any atom is -0.481 e. The SMILES string of the molecule is CCCCCCCCC(C(=O)O)c1ccccc1Br. The van der Waals surface area contributed by atoms with E-state index in [-0.39, 0.29) is 5.92 Å². The Balaban J connectivity index is 2.46. The maximum absolute atomic E-state index is 11.4. The topological polar surface area (TPSA) is 37.3 Å². The summed E-state index contributed by atoms with van der Waals surface area (Å²) in [6.45, 7) is 2.20. The van der Waals surface area contributed by atoms with Gasteiger partial charge in [-0.1, -0.05) is 79.6 Å². The van der Waals surface area contributed by atoms with Crippen LogP contribution in [0.2, 0.25) is 0 Å². The van der Waals surface area contributed by atoms with Gasteiger partial charge in [-0.15, -0.1) is 0 Å². The van der Waals surface area contributed by atoms with Crippen molar-refractivity contribution in [3.05, 3.63) is 34.3 Å². The average molecular weight is 327 g/mol. The molecule has 0 bridgehead atoms. The summed E-state index contributed by atoms with van der Waals surface area (Å²) in [5.41, 5.74) is 0.892. The maximum atomic E-state index is 11.4. The number of hydrogen-bond donors (Lipinski definition) is 1. The van der Waals surface area contributed by atoms with Gasteiger partial charge in [0.2, 0.25) is 0 Å². The summed E-state index contributed by atoms with van der Waals surface area (Å²) < 4.78 is 0.897. The fraction of sp³-hybridized carbons (Fsp3) is 0.562. The molecule has 0 aliphatic carbocycles. The molecule has 1 aromatic carbocycles. The van der Waals surface area contributed by atoms with Gasteiger partial charge in [0.05, 0.1) is 5.92 Å². The van der Waals surface area contributed by atoms with Gasteiger partial charge in [0.25, 0.3) is 0 Å². The number of carboxylic acid groups (broad SMARTS) is 1. The van der Waals surface area contributed by atoms with Crippen molar-refractivity contribution >= 4 is 21.9 Å². The van der Waals surface area contributed by atoms with Crippen molar-refractivity contribution in [3.63, 3.8) is 0 Å². The molecule has 2 nitrogen and oxygen atoms in total. The first-order valence-corrected chi connectivity index (χ1v) is 7.93. The van der Waals surface area contributed by atoms with E-state index in [0.29, 0.717) is 0 Å². The van der Waals surface area contributed by atoms with Gasteiger partial charge >= 0.3 is 5.97 Å². The molecule has 0 aromatic heterocycles. The van der Waals surface area contributed by atoms with E-state index in [4.69, 9.17) is 0 Å². The van der Waals surface area contributed by atoms with Crippen molar-refractivity contribution in [2.75, 3.05) is 0 Å². The van der Waals surface area contributed by atoms with Gasteiger partial charge in [0.15, 0.2) is 0 Å². The summed E-state index contributed by atoms with van der Waals surface area (Å²) in [6, 6.07) is 7.63. The summed E-state index contributed by atoms with van der Waals surface area (Å²) in [7, 11) is 0. The van der Waals surface area contributed by atoms with E-state index >= 15 is 0 Å². The second kappa shape index (κ2) is 9.13. The lowest BCUT2D eigenvalue weighted by Gasteiger charge is -2.14. The summed E-state index contributed by atoms with van der Waals surface area (Å²) >= 11 is 3.45. The molecule has 1 aromatic rings. The molecule has 0 radical (unpaired) electrons. The van der Waals surface area contributed by atoms with E-state index in [1.54, 1.807) is 0 Å². The number of halogens is 1. The fourth-order valence-corrected chi connectivity index (χ4v) is 2.86. The Hall–Kier alpha value is -0.830. The zero-order chi connectivity index (χ0) is 14.1. The number of unbranched alkanes of at least 4 members (excludes halogenated alkanes) is 5. The highest BCUT2D eigenvalue weighted by atomic mass is 79.9. The normalized spacial score (nSPS) is 12.3. The van der Waals surface area contributed by atoms with Crippen molar-refractivity contribution in [2.24, 2.45) is 0 Å². The Bertz CT molecular complexity index is 390. The Morgan fingerprint density at radius 3 is 2.42 bits per heavy atom. The van der Waals surface area contributed by atoms with Crippen LogP contribution >= 0.6 is 15.9 Å². The van der Waals surface area contributed by atoms with E-state index in [2.05, 4.69) is 22.9 Å². The quantitative estimate of drug-likeness (QED) is 0.619. The Morgan fingerprint density at radius 2 is 1.79 bits per heavy atom. The van der Waals surface area contributed by atoms with Gasteiger partial charge in [0.1, 0.15) is 0 Å². The Morgan fingerprint density at radius 1 is 1.16 bits per heavy atom. The van der Waals surface area contributed by atoms with E-state index in [1.165, 1.54) is 25.7 Å². The second-order valence-corrected chi connectivity index (χ2v) is 5.82. The molecule has 3 heteroatoms. The molecule has 0 aliphatic heterocycles. The first-order valence-electron chi connectivity index (χ1n) is 7.14. The summed E-state index contributed by atoms with van der Waals surface area (Å²) in [6.07, 6.45) is 7.86. The molecule has 0 spiro atoms. The monoisotopic (exact) mass is 326 g/mol. The van der Waals surface area contributed by atoms with E-state index in [9.17, 15) is 9.90 Å². The number of rotatable bonds is 9.